The van der Waals surface area contributed by atoms with Crippen LogP contribution < -0.4 is 5.32 Å². The number of unbranched alkanes of at least 4 members (excludes halogenated alkanes) is 1. The van der Waals surface area contributed by atoms with Crippen LogP contribution in [0.4, 0.5) is 5.69 Å². The highest BCUT2D eigenvalue weighted by atomic mass is 32.2. The quantitative estimate of drug-likeness (QED) is 0.730. The highest BCUT2D eigenvalue weighted by Crippen LogP contribution is 2.19. The van der Waals surface area contributed by atoms with Crippen LogP contribution in [0.1, 0.15) is 48.2 Å². The predicted octanol–water partition coefficient (Wildman–Crippen LogP) is 4.37. The average molecular weight is 389 g/mol. The summed E-state index contributed by atoms with van der Waals surface area (Å²) in [7, 11) is -3.53. The fraction of sp³-hybridized carbons (Fsp3) is 0.381. The second-order valence-corrected chi connectivity index (χ2v) is 8.64. The fourth-order valence-corrected chi connectivity index (χ4v) is 4.45. The second-order valence-electron chi connectivity index (χ2n) is 6.71. The van der Waals surface area contributed by atoms with E-state index in [1.165, 1.54) is 16.4 Å². The molecule has 0 aliphatic rings. The Kier molecular flexibility index (Phi) is 7.16. The van der Waals surface area contributed by atoms with E-state index < -0.39 is 10.0 Å². The number of sulfonamides is 1. The maximum Gasteiger partial charge on any atom is 0.255 e. The minimum atomic E-state index is -3.53. The first-order valence-electron chi connectivity index (χ1n) is 9.27. The predicted molar refractivity (Wildman–Crippen MR) is 110 cm³/mol. The van der Waals surface area contributed by atoms with Crippen molar-refractivity contribution >= 4 is 21.6 Å². The largest absolute Gasteiger partial charge is 0.322 e. The molecule has 0 aliphatic carbocycles. The van der Waals surface area contributed by atoms with E-state index in [1.807, 2.05) is 45.9 Å². The van der Waals surface area contributed by atoms with Gasteiger partial charge >= 0.3 is 0 Å². The molecule has 0 heterocycles. The molecule has 0 fully saturated rings. The van der Waals surface area contributed by atoms with Crippen molar-refractivity contribution in [3.05, 3.63) is 59.2 Å². The number of carbonyl (C=O) groups is 1. The van der Waals surface area contributed by atoms with Crippen LogP contribution in [-0.4, -0.2) is 31.7 Å². The number of nitrogens with zero attached hydrogens (tertiary/aromatic N) is 1. The third-order valence-electron chi connectivity index (χ3n) is 4.35. The minimum Gasteiger partial charge on any atom is -0.322 e. The molecule has 1 amide bonds. The molecule has 2 rings (SSSR count). The van der Waals surface area contributed by atoms with Crippen molar-refractivity contribution in [3.63, 3.8) is 0 Å². The summed E-state index contributed by atoms with van der Waals surface area (Å²) >= 11 is 0. The van der Waals surface area contributed by atoms with Crippen LogP contribution in [0.5, 0.6) is 0 Å². The van der Waals surface area contributed by atoms with Crippen molar-refractivity contribution in [3.8, 4) is 0 Å². The van der Waals surface area contributed by atoms with Crippen LogP contribution in [0.3, 0.4) is 0 Å². The van der Waals surface area contributed by atoms with Crippen molar-refractivity contribution in [2.75, 3.05) is 18.4 Å². The van der Waals surface area contributed by atoms with E-state index >= 15 is 0 Å². The number of nitrogens with one attached hydrogen (secondary N) is 1. The first-order valence-corrected chi connectivity index (χ1v) is 10.7. The second kappa shape index (κ2) is 9.15. The molecule has 0 aliphatic heterocycles. The molecule has 146 valence electrons. The Hall–Kier alpha value is -2.18. The van der Waals surface area contributed by atoms with Gasteiger partial charge in [0, 0.05) is 24.3 Å². The summed E-state index contributed by atoms with van der Waals surface area (Å²) < 4.78 is 27.0. The number of hydrogen-bond acceptors (Lipinski definition) is 3. The lowest BCUT2D eigenvalue weighted by molar-refractivity contribution is 0.102. The van der Waals surface area contributed by atoms with E-state index in [2.05, 4.69) is 5.32 Å². The lowest BCUT2D eigenvalue weighted by Gasteiger charge is -2.20. The zero-order valence-corrected chi connectivity index (χ0v) is 17.3. The molecule has 0 saturated heterocycles. The summed E-state index contributed by atoms with van der Waals surface area (Å²) in [6, 6.07) is 11.9. The Labute approximate surface area is 162 Å². The average Bonchev–Trinajstić information content (AvgIpc) is 2.61. The first-order chi connectivity index (χ1) is 12.8. The van der Waals surface area contributed by atoms with E-state index in [1.54, 1.807) is 12.1 Å². The SMILES string of the molecule is CCCCN(CC)S(=O)(=O)c1ccc(C(=O)Nc2cc(C)cc(C)c2)cc1. The van der Waals surface area contributed by atoms with Gasteiger partial charge in [-0.2, -0.15) is 4.31 Å². The van der Waals surface area contributed by atoms with Gasteiger partial charge in [0.05, 0.1) is 4.90 Å². The summed E-state index contributed by atoms with van der Waals surface area (Å²) in [5.41, 5.74) is 3.28. The topological polar surface area (TPSA) is 66.5 Å². The highest BCUT2D eigenvalue weighted by molar-refractivity contribution is 7.89. The lowest BCUT2D eigenvalue weighted by atomic mass is 10.1. The van der Waals surface area contributed by atoms with E-state index in [9.17, 15) is 13.2 Å². The number of carbonyl (C=O) groups excluding carboxylic acids is 1. The maximum absolute atomic E-state index is 12.7. The van der Waals surface area contributed by atoms with Gasteiger partial charge in [-0.05, 0) is 67.8 Å². The number of anilines is 1. The van der Waals surface area contributed by atoms with Crippen LogP contribution in [-0.2, 0) is 10.0 Å². The Balaban J connectivity index is 2.17. The molecular weight excluding hydrogens is 360 g/mol. The summed E-state index contributed by atoms with van der Waals surface area (Å²) in [4.78, 5) is 12.7. The standard InChI is InChI=1S/C21H28N2O3S/c1-5-7-12-23(6-2)27(25,26)20-10-8-18(9-11-20)21(24)22-19-14-16(3)13-17(4)15-19/h8-11,13-15H,5-7,12H2,1-4H3,(H,22,24). The maximum atomic E-state index is 12.7. The van der Waals surface area contributed by atoms with Crippen molar-refractivity contribution < 1.29 is 13.2 Å². The van der Waals surface area contributed by atoms with Crippen molar-refractivity contribution in [2.45, 2.75) is 45.4 Å². The molecule has 27 heavy (non-hydrogen) atoms. The monoisotopic (exact) mass is 388 g/mol. The van der Waals surface area contributed by atoms with Gasteiger partial charge in [0.2, 0.25) is 10.0 Å². The molecule has 0 saturated carbocycles. The molecular formula is C21H28N2O3S. The molecule has 2 aromatic carbocycles. The molecule has 5 nitrogen and oxygen atoms in total. The Morgan fingerprint density at radius 2 is 1.59 bits per heavy atom. The number of benzene rings is 2. The van der Waals surface area contributed by atoms with Gasteiger partial charge < -0.3 is 5.32 Å². The number of amides is 1. The van der Waals surface area contributed by atoms with Crippen LogP contribution in [0.15, 0.2) is 47.4 Å². The molecule has 0 aromatic heterocycles. The fourth-order valence-electron chi connectivity index (χ4n) is 2.96. The van der Waals surface area contributed by atoms with Crippen LogP contribution in [0.2, 0.25) is 0 Å². The molecule has 0 radical (unpaired) electrons. The molecule has 1 N–H and O–H groups in total. The van der Waals surface area contributed by atoms with Gasteiger partial charge in [-0.25, -0.2) is 8.42 Å². The molecule has 0 spiro atoms. The first kappa shape index (κ1) is 21.1. The minimum absolute atomic E-state index is 0.211. The summed E-state index contributed by atoms with van der Waals surface area (Å²) in [5.74, 6) is -0.262. The molecule has 0 bridgehead atoms. The third kappa shape index (κ3) is 5.40. The van der Waals surface area contributed by atoms with Crippen LogP contribution >= 0.6 is 0 Å². The summed E-state index contributed by atoms with van der Waals surface area (Å²) in [5, 5.41) is 2.86. The molecule has 6 heteroatoms. The van der Waals surface area contributed by atoms with Gasteiger partial charge in [0.15, 0.2) is 0 Å². The van der Waals surface area contributed by atoms with E-state index in [4.69, 9.17) is 0 Å². The molecule has 2 aromatic rings. The zero-order valence-electron chi connectivity index (χ0n) is 16.5. The normalized spacial score (nSPS) is 11.6. The van der Waals surface area contributed by atoms with Crippen molar-refractivity contribution in [1.82, 2.24) is 4.31 Å². The zero-order chi connectivity index (χ0) is 20.0. The van der Waals surface area contributed by atoms with Gasteiger partial charge in [-0.3, -0.25) is 4.79 Å². The van der Waals surface area contributed by atoms with Gasteiger partial charge in [-0.1, -0.05) is 26.3 Å². The van der Waals surface area contributed by atoms with Crippen molar-refractivity contribution in [1.29, 1.82) is 0 Å². The summed E-state index contributed by atoms with van der Waals surface area (Å²) in [6.07, 6.45) is 1.76. The van der Waals surface area contributed by atoms with Crippen molar-refractivity contribution in [2.24, 2.45) is 0 Å². The van der Waals surface area contributed by atoms with Crippen LogP contribution in [0.25, 0.3) is 0 Å². The molecule has 0 unspecified atom stereocenters. The third-order valence-corrected chi connectivity index (χ3v) is 6.34. The van der Waals surface area contributed by atoms with E-state index in [-0.39, 0.29) is 10.8 Å². The Bertz CT molecular complexity index is 870. The number of hydrogen-bond donors (Lipinski definition) is 1. The summed E-state index contributed by atoms with van der Waals surface area (Å²) in [6.45, 7) is 8.74. The van der Waals surface area contributed by atoms with Crippen LogP contribution in [0, 0.1) is 13.8 Å². The molecule has 0 atom stereocenters. The number of rotatable bonds is 8. The lowest BCUT2D eigenvalue weighted by Crippen LogP contribution is -2.31. The Morgan fingerprint density at radius 1 is 1.00 bits per heavy atom. The highest BCUT2D eigenvalue weighted by Gasteiger charge is 2.22. The Morgan fingerprint density at radius 3 is 2.11 bits per heavy atom. The smallest absolute Gasteiger partial charge is 0.255 e. The van der Waals surface area contributed by atoms with Gasteiger partial charge in [-0.15, -0.1) is 0 Å². The van der Waals surface area contributed by atoms with E-state index in [0.29, 0.717) is 18.7 Å². The van der Waals surface area contributed by atoms with Gasteiger partial charge in [0.1, 0.15) is 0 Å². The number of aryl methyl sites for hydroxylation is 2. The van der Waals surface area contributed by atoms with E-state index in [0.717, 1.165) is 29.7 Å². The van der Waals surface area contributed by atoms with Gasteiger partial charge in [0.25, 0.3) is 5.91 Å².